The fourth-order valence-electron chi connectivity index (χ4n) is 1.89. The molecule has 1 aliphatic rings. The highest BCUT2D eigenvalue weighted by atomic mass is 35.5. The third-order valence-electron chi connectivity index (χ3n) is 2.87. The van der Waals surface area contributed by atoms with E-state index in [4.69, 9.17) is 22.6 Å². The number of nitrogens with zero attached hydrogens (tertiary/aromatic N) is 2. The molecule has 0 unspecified atom stereocenters. The van der Waals surface area contributed by atoms with Gasteiger partial charge in [0.15, 0.2) is 0 Å². The molecule has 1 atom stereocenters. The maximum atomic E-state index is 12.3. The van der Waals surface area contributed by atoms with E-state index < -0.39 is 10.0 Å². The summed E-state index contributed by atoms with van der Waals surface area (Å²) in [5.41, 5.74) is 6.03. The monoisotopic (exact) mass is 285 g/mol. The first-order chi connectivity index (χ1) is 8.45. The topological polar surface area (TPSA) is 87.2 Å². The van der Waals surface area contributed by atoms with Crippen molar-refractivity contribution < 1.29 is 8.42 Å². The molecule has 2 N–H and O–H groups in total. The molecule has 1 aromatic carbocycles. The Labute approximate surface area is 111 Å². The van der Waals surface area contributed by atoms with Crippen LogP contribution in [0.15, 0.2) is 23.1 Å². The van der Waals surface area contributed by atoms with Crippen molar-refractivity contribution in [2.24, 2.45) is 5.73 Å². The zero-order valence-electron chi connectivity index (χ0n) is 9.51. The molecule has 0 aromatic heterocycles. The molecule has 1 aliphatic heterocycles. The van der Waals surface area contributed by atoms with Gasteiger partial charge >= 0.3 is 0 Å². The molecule has 5 nitrogen and oxygen atoms in total. The molecule has 0 amide bonds. The fraction of sp³-hybridized carbons (Fsp3) is 0.364. The Kier molecular flexibility index (Phi) is 3.59. The molecule has 18 heavy (non-hydrogen) atoms. The summed E-state index contributed by atoms with van der Waals surface area (Å²) >= 11 is 5.92. The quantitative estimate of drug-likeness (QED) is 0.876. The van der Waals surface area contributed by atoms with Crippen molar-refractivity contribution in [1.82, 2.24) is 4.31 Å². The zero-order valence-corrected chi connectivity index (χ0v) is 11.1. The van der Waals surface area contributed by atoms with Gasteiger partial charge in [-0.15, -0.1) is 0 Å². The van der Waals surface area contributed by atoms with E-state index in [0.29, 0.717) is 25.1 Å². The standard InChI is InChI=1S/C11H12ClN3O2S/c12-10-5-8(6-13)1-2-11(10)18(16,17)15-4-3-9(14)7-15/h1-2,5,9H,3-4,7,14H2/t9-/m0/s1. The highest BCUT2D eigenvalue weighted by Gasteiger charge is 2.32. The molecule has 0 bridgehead atoms. The summed E-state index contributed by atoms with van der Waals surface area (Å²) in [5, 5.41) is 8.78. The molecular weight excluding hydrogens is 274 g/mol. The molecule has 0 spiro atoms. The molecule has 0 saturated carbocycles. The summed E-state index contributed by atoms with van der Waals surface area (Å²) in [4.78, 5) is 0.0252. The fourth-order valence-corrected chi connectivity index (χ4v) is 3.92. The van der Waals surface area contributed by atoms with E-state index in [1.807, 2.05) is 6.07 Å². The lowest BCUT2D eigenvalue weighted by atomic mass is 10.2. The van der Waals surface area contributed by atoms with E-state index in [2.05, 4.69) is 0 Å². The van der Waals surface area contributed by atoms with Gasteiger partial charge in [-0.1, -0.05) is 11.6 Å². The molecule has 2 rings (SSSR count). The van der Waals surface area contributed by atoms with Gasteiger partial charge in [0, 0.05) is 19.1 Å². The van der Waals surface area contributed by atoms with E-state index in [1.165, 1.54) is 22.5 Å². The second-order valence-corrected chi connectivity index (χ2v) is 6.48. The van der Waals surface area contributed by atoms with Crippen molar-refractivity contribution in [3.05, 3.63) is 28.8 Å². The first-order valence-electron chi connectivity index (χ1n) is 5.40. The normalized spacial score (nSPS) is 20.8. The largest absolute Gasteiger partial charge is 0.326 e. The van der Waals surface area contributed by atoms with Crippen LogP contribution >= 0.6 is 11.6 Å². The van der Waals surface area contributed by atoms with E-state index in [0.717, 1.165) is 0 Å². The Morgan fingerprint density at radius 3 is 2.72 bits per heavy atom. The Bertz CT molecular complexity index is 609. The number of halogens is 1. The third-order valence-corrected chi connectivity index (χ3v) is 5.21. The number of nitriles is 1. The summed E-state index contributed by atoms with van der Waals surface area (Å²) < 4.78 is 25.9. The Morgan fingerprint density at radius 1 is 1.50 bits per heavy atom. The maximum absolute atomic E-state index is 12.3. The maximum Gasteiger partial charge on any atom is 0.244 e. The number of rotatable bonds is 2. The minimum atomic E-state index is -3.62. The van der Waals surface area contributed by atoms with Crippen LogP contribution in [0.4, 0.5) is 0 Å². The number of benzene rings is 1. The molecular formula is C11H12ClN3O2S. The highest BCUT2D eigenvalue weighted by molar-refractivity contribution is 7.89. The van der Waals surface area contributed by atoms with Crippen molar-refractivity contribution >= 4 is 21.6 Å². The minimum Gasteiger partial charge on any atom is -0.326 e. The predicted octanol–water partition coefficient (Wildman–Crippen LogP) is 0.933. The van der Waals surface area contributed by atoms with Gasteiger partial charge in [-0.25, -0.2) is 8.42 Å². The lowest BCUT2D eigenvalue weighted by molar-refractivity contribution is 0.472. The van der Waals surface area contributed by atoms with Gasteiger partial charge in [0.05, 0.1) is 16.7 Å². The van der Waals surface area contributed by atoms with Crippen LogP contribution in [0.5, 0.6) is 0 Å². The van der Waals surface area contributed by atoms with Crippen molar-refractivity contribution in [3.63, 3.8) is 0 Å². The van der Waals surface area contributed by atoms with Gasteiger partial charge in [0.25, 0.3) is 0 Å². The van der Waals surface area contributed by atoms with Crippen molar-refractivity contribution in [3.8, 4) is 6.07 Å². The Morgan fingerprint density at radius 2 is 2.22 bits per heavy atom. The van der Waals surface area contributed by atoms with Crippen molar-refractivity contribution in [1.29, 1.82) is 5.26 Å². The van der Waals surface area contributed by atoms with Gasteiger partial charge < -0.3 is 5.73 Å². The molecule has 96 valence electrons. The van der Waals surface area contributed by atoms with Crippen molar-refractivity contribution in [2.45, 2.75) is 17.4 Å². The average Bonchev–Trinajstić information content (AvgIpc) is 2.76. The SMILES string of the molecule is N#Cc1ccc(S(=O)(=O)N2CC[C@H](N)C2)c(Cl)c1. The Hall–Kier alpha value is -1.13. The van der Waals surface area contributed by atoms with Crippen LogP contribution in [0.25, 0.3) is 0 Å². The average molecular weight is 286 g/mol. The molecule has 1 fully saturated rings. The summed E-state index contributed by atoms with van der Waals surface area (Å²) in [6.45, 7) is 0.707. The third kappa shape index (κ3) is 2.35. The number of hydrogen-bond donors (Lipinski definition) is 1. The second-order valence-electron chi connectivity index (χ2n) is 4.17. The first-order valence-corrected chi connectivity index (χ1v) is 7.22. The van der Waals surface area contributed by atoms with Gasteiger partial charge in [-0.3, -0.25) is 0 Å². The first kappa shape index (κ1) is 13.3. The van der Waals surface area contributed by atoms with Crippen LogP contribution in [-0.4, -0.2) is 31.9 Å². The van der Waals surface area contributed by atoms with E-state index >= 15 is 0 Å². The number of nitrogens with two attached hydrogens (primary N) is 1. The summed E-state index contributed by atoms with van der Waals surface area (Å²) in [6, 6.07) is 5.93. The molecule has 1 aromatic rings. The Balaban J connectivity index is 2.39. The molecule has 0 aliphatic carbocycles. The predicted molar refractivity (Wildman–Crippen MR) is 67.5 cm³/mol. The van der Waals surface area contributed by atoms with Crippen LogP contribution in [0.1, 0.15) is 12.0 Å². The summed E-state index contributed by atoms with van der Waals surface area (Å²) in [7, 11) is -3.62. The number of sulfonamides is 1. The van der Waals surface area contributed by atoms with Crippen molar-refractivity contribution in [2.75, 3.05) is 13.1 Å². The van der Waals surface area contributed by atoms with Crippen LogP contribution in [0, 0.1) is 11.3 Å². The molecule has 1 heterocycles. The highest BCUT2D eigenvalue weighted by Crippen LogP contribution is 2.27. The molecule has 0 radical (unpaired) electrons. The van der Waals surface area contributed by atoms with Crippen LogP contribution < -0.4 is 5.73 Å². The van der Waals surface area contributed by atoms with E-state index in [-0.39, 0.29) is 16.0 Å². The second kappa shape index (κ2) is 4.86. The molecule has 1 saturated heterocycles. The van der Waals surface area contributed by atoms with E-state index in [9.17, 15) is 8.42 Å². The zero-order chi connectivity index (χ0) is 13.3. The minimum absolute atomic E-state index is 0.0252. The van der Waals surface area contributed by atoms with Crippen LogP contribution in [-0.2, 0) is 10.0 Å². The number of hydrogen-bond acceptors (Lipinski definition) is 4. The van der Waals surface area contributed by atoms with Crippen LogP contribution in [0.3, 0.4) is 0 Å². The lowest BCUT2D eigenvalue weighted by Gasteiger charge is -2.16. The molecule has 7 heteroatoms. The van der Waals surface area contributed by atoms with Gasteiger partial charge in [0.1, 0.15) is 4.90 Å². The van der Waals surface area contributed by atoms with Gasteiger partial charge in [-0.2, -0.15) is 9.57 Å². The smallest absolute Gasteiger partial charge is 0.244 e. The van der Waals surface area contributed by atoms with Crippen LogP contribution in [0.2, 0.25) is 5.02 Å². The lowest BCUT2D eigenvalue weighted by Crippen LogP contribution is -2.32. The summed E-state index contributed by atoms with van der Waals surface area (Å²) in [5.74, 6) is 0. The summed E-state index contributed by atoms with van der Waals surface area (Å²) in [6.07, 6.45) is 0.646. The van der Waals surface area contributed by atoms with E-state index in [1.54, 1.807) is 0 Å². The van der Waals surface area contributed by atoms with Gasteiger partial charge in [-0.05, 0) is 24.6 Å². The van der Waals surface area contributed by atoms with Gasteiger partial charge in [0.2, 0.25) is 10.0 Å².